The number of hydrogen-bond acceptors (Lipinski definition) is 10. The molecule has 22 heteroatoms. The molecule has 60 heavy (non-hydrogen) atoms. The SMILES string of the molecule is CC(C)(C)OC(=O)N1CCn2c(Br)nc(C(F)(F)F)c2C1.COc1ccc(-c2nc(C(F)(F)F)c3n2CCN(C(=O)OC(C)(C)C)C3)cc1.COc1ccc(B(O)O)cc1. The smallest absolute Gasteiger partial charge is 0.488 e. The van der Waals surface area contributed by atoms with Gasteiger partial charge in [-0.25, -0.2) is 19.6 Å². The lowest BCUT2D eigenvalue weighted by Gasteiger charge is -2.31. The van der Waals surface area contributed by atoms with Crippen LogP contribution in [0.25, 0.3) is 11.4 Å². The lowest BCUT2D eigenvalue weighted by atomic mass is 9.80. The highest BCUT2D eigenvalue weighted by atomic mass is 79.9. The van der Waals surface area contributed by atoms with Crippen LogP contribution in [0.4, 0.5) is 35.9 Å². The largest absolute Gasteiger partial charge is 0.497 e. The number of aromatic nitrogens is 4. The third-order valence-electron chi connectivity index (χ3n) is 8.57. The van der Waals surface area contributed by atoms with Crippen LogP contribution in [0.15, 0.2) is 53.3 Å². The minimum Gasteiger partial charge on any atom is -0.497 e. The van der Waals surface area contributed by atoms with Crippen molar-refractivity contribution in [3.8, 4) is 22.9 Å². The summed E-state index contributed by atoms with van der Waals surface area (Å²) in [4.78, 5) is 34.2. The Morgan fingerprint density at radius 1 is 0.650 bits per heavy atom. The van der Waals surface area contributed by atoms with Gasteiger partial charge in [0.25, 0.3) is 0 Å². The topological polar surface area (TPSA) is 154 Å². The predicted octanol–water partition coefficient (Wildman–Crippen LogP) is 7.12. The van der Waals surface area contributed by atoms with E-state index in [0.29, 0.717) is 22.5 Å². The fraction of sp³-hybridized carbons (Fsp3) is 0.474. The normalized spacial score (nSPS) is 14.1. The second-order valence-corrected chi connectivity index (χ2v) is 16.1. The monoisotopic (exact) mass is 918 g/mol. The summed E-state index contributed by atoms with van der Waals surface area (Å²) in [7, 11) is 1.67. The molecule has 0 unspecified atom stereocenters. The fourth-order valence-corrected chi connectivity index (χ4v) is 6.42. The number of ether oxygens (including phenoxy) is 4. The molecule has 2 aromatic heterocycles. The van der Waals surface area contributed by atoms with Crippen molar-refractivity contribution < 1.29 is 64.9 Å². The standard InChI is InChI=1S/C19H22F3N3O3.C12H15BrF3N3O2.C7H9BO3/c1-18(2,3)28-17(26)24-9-10-25-14(11-24)15(19(20,21)22)23-16(25)12-5-7-13(27-4)8-6-12;1-11(2,3)21-10(20)18-4-5-19-7(6-18)8(12(14,15)16)17-9(19)13;1-11-7-4-2-6(3-5-7)8(9)10/h5-8H,9-11H2,1-4H3;4-6H2,1-3H3;2-5,9-10H,1H3. The van der Waals surface area contributed by atoms with Crippen LogP contribution in [0.5, 0.6) is 11.5 Å². The van der Waals surface area contributed by atoms with Crippen LogP contribution in [0.3, 0.4) is 0 Å². The quantitative estimate of drug-likeness (QED) is 0.160. The second-order valence-electron chi connectivity index (χ2n) is 15.4. The summed E-state index contributed by atoms with van der Waals surface area (Å²) in [6.07, 6.45) is -10.4. The number of halogens is 7. The lowest BCUT2D eigenvalue weighted by molar-refractivity contribution is -0.142. The summed E-state index contributed by atoms with van der Waals surface area (Å²) < 4.78 is 103. The van der Waals surface area contributed by atoms with Crippen molar-refractivity contribution in [1.29, 1.82) is 0 Å². The number of methoxy groups -OCH3 is 2. The summed E-state index contributed by atoms with van der Waals surface area (Å²) in [5.41, 5.74) is -2.44. The molecule has 0 saturated heterocycles. The van der Waals surface area contributed by atoms with E-state index in [1.807, 2.05) is 0 Å². The van der Waals surface area contributed by atoms with Crippen LogP contribution < -0.4 is 14.9 Å². The Hall–Kier alpha value is -4.96. The van der Waals surface area contributed by atoms with Crippen LogP contribution in [0.1, 0.15) is 64.3 Å². The summed E-state index contributed by atoms with van der Waals surface area (Å²) in [6.45, 7) is 10.8. The van der Waals surface area contributed by atoms with Crippen LogP contribution in [0, 0.1) is 0 Å². The maximum Gasteiger partial charge on any atom is 0.488 e. The molecule has 2 amide bonds. The summed E-state index contributed by atoms with van der Waals surface area (Å²) in [5.74, 6) is 1.52. The first-order valence-electron chi connectivity index (χ1n) is 18.3. The molecular weight excluding hydrogens is 873 g/mol. The third-order valence-corrected chi connectivity index (χ3v) is 9.17. The van der Waals surface area contributed by atoms with Crippen molar-refractivity contribution >= 4 is 40.7 Å². The average Bonchev–Trinajstić information content (AvgIpc) is 3.72. The molecule has 0 spiro atoms. The number of carbonyl (C=O) groups excluding carboxylic acids is 2. The van der Waals surface area contributed by atoms with Crippen LogP contribution in [0.2, 0.25) is 0 Å². The van der Waals surface area contributed by atoms with Gasteiger partial charge in [-0.3, -0.25) is 0 Å². The Kier molecular flexibility index (Phi) is 14.9. The molecule has 2 aliphatic rings. The molecule has 0 aliphatic carbocycles. The zero-order chi connectivity index (χ0) is 45.0. The van der Waals surface area contributed by atoms with Gasteiger partial charge in [0.2, 0.25) is 0 Å². The summed E-state index contributed by atoms with van der Waals surface area (Å²) >= 11 is 3.02. The molecule has 14 nitrogen and oxygen atoms in total. The van der Waals surface area contributed by atoms with Crippen LogP contribution in [-0.4, -0.2) is 96.8 Å². The van der Waals surface area contributed by atoms with Crippen LogP contribution >= 0.6 is 15.9 Å². The first kappa shape index (κ1) is 47.7. The molecule has 0 saturated carbocycles. The van der Waals surface area contributed by atoms with Gasteiger partial charge in [-0.15, -0.1) is 0 Å². The second kappa shape index (κ2) is 18.8. The van der Waals surface area contributed by atoms with Gasteiger partial charge in [0, 0.05) is 31.7 Å². The molecule has 2 aromatic carbocycles. The number of hydrogen-bond donors (Lipinski definition) is 2. The van der Waals surface area contributed by atoms with E-state index in [-0.39, 0.29) is 61.2 Å². The fourth-order valence-electron chi connectivity index (χ4n) is 5.85. The molecule has 2 N–H and O–H groups in total. The van der Waals surface area contributed by atoms with E-state index in [9.17, 15) is 35.9 Å². The molecule has 0 atom stereocenters. The van der Waals surface area contributed by atoms with Gasteiger partial charge in [0.05, 0.1) is 38.7 Å². The molecular formula is C38H46BBrF6N6O8. The predicted molar refractivity (Wildman–Crippen MR) is 210 cm³/mol. The van der Waals surface area contributed by atoms with E-state index < -0.39 is 54.2 Å². The van der Waals surface area contributed by atoms with E-state index in [1.54, 1.807) is 97.2 Å². The minimum absolute atomic E-state index is 0.0357. The zero-order valence-electron chi connectivity index (χ0n) is 34.1. The summed E-state index contributed by atoms with van der Waals surface area (Å²) in [5, 5.41) is 17.4. The van der Waals surface area contributed by atoms with Gasteiger partial charge in [-0.1, -0.05) is 12.1 Å². The number of carbonyl (C=O) groups is 2. The first-order chi connectivity index (χ1) is 27.7. The van der Waals surface area contributed by atoms with Crippen molar-refractivity contribution in [2.24, 2.45) is 0 Å². The zero-order valence-corrected chi connectivity index (χ0v) is 35.7. The molecule has 0 fully saturated rings. The average molecular weight is 920 g/mol. The van der Waals surface area contributed by atoms with E-state index in [1.165, 1.54) is 26.0 Å². The Labute approximate surface area is 351 Å². The van der Waals surface area contributed by atoms with Gasteiger partial charge in [0.15, 0.2) is 16.1 Å². The Morgan fingerprint density at radius 2 is 1.05 bits per heavy atom. The highest BCUT2D eigenvalue weighted by molar-refractivity contribution is 9.10. The number of alkyl halides is 6. The van der Waals surface area contributed by atoms with Gasteiger partial charge < -0.3 is 47.9 Å². The molecule has 2 aliphatic heterocycles. The van der Waals surface area contributed by atoms with Gasteiger partial charge in [-0.2, -0.15) is 26.3 Å². The molecule has 0 bridgehead atoms. The van der Waals surface area contributed by atoms with E-state index in [0.717, 1.165) is 0 Å². The Bertz CT molecular complexity index is 2100. The number of amides is 2. The van der Waals surface area contributed by atoms with Crippen molar-refractivity contribution in [2.45, 2.75) is 91.3 Å². The number of benzene rings is 2. The Morgan fingerprint density at radius 3 is 1.45 bits per heavy atom. The Balaban J connectivity index is 0.000000217. The van der Waals surface area contributed by atoms with Crippen molar-refractivity contribution in [3.05, 3.63) is 76.0 Å². The van der Waals surface area contributed by atoms with Gasteiger partial charge in [-0.05, 0) is 99.3 Å². The molecule has 4 heterocycles. The number of rotatable bonds is 4. The number of nitrogens with zero attached hydrogens (tertiary/aromatic N) is 6. The first-order valence-corrected chi connectivity index (χ1v) is 19.1. The van der Waals surface area contributed by atoms with E-state index >= 15 is 0 Å². The molecule has 0 radical (unpaired) electrons. The number of imidazole rings is 2. The summed E-state index contributed by atoms with van der Waals surface area (Å²) in [6, 6.07) is 13.2. The van der Waals surface area contributed by atoms with Crippen molar-refractivity contribution in [2.75, 3.05) is 27.3 Å². The highest BCUT2D eigenvalue weighted by Gasteiger charge is 2.43. The molecule has 4 aromatic rings. The maximum absolute atomic E-state index is 13.6. The van der Waals surface area contributed by atoms with Crippen LogP contribution in [-0.2, 0) is 48.0 Å². The maximum atomic E-state index is 13.6. The highest BCUT2D eigenvalue weighted by Crippen LogP contribution is 2.38. The van der Waals surface area contributed by atoms with E-state index in [2.05, 4.69) is 25.9 Å². The van der Waals surface area contributed by atoms with Gasteiger partial charge in [0.1, 0.15) is 28.5 Å². The molecule has 328 valence electrons. The van der Waals surface area contributed by atoms with E-state index in [4.69, 9.17) is 29.0 Å². The van der Waals surface area contributed by atoms with Crippen molar-refractivity contribution in [3.63, 3.8) is 0 Å². The van der Waals surface area contributed by atoms with Crippen molar-refractivity contribution in [1.82, 2.24) is 28.9 Å². The third kappa shape index (κ3) is 12.5. The minimum atomic E-state index is -4.63. The van der Waals surface area contributed by atoms with Gasteiger partial charge >= 0.3 is 31.7 Å². The lowest BCUT2D eigenvalue weighted by Crippen LogP contribution is -2.42. The number of fused-ring (bicyclic) bond motifs is 2. The molecule has 6 rings (SSSR count).